The molecule has 2 amide bonds. The molecule has 37 heavy (non-hydrogen) atoms. The topological polar surface area (TPSA) is 141 Å². The summed E-state index contributed by atoms with van der Waals surface area (Å²) in [4.78, 5) is 42.8. The molecule has 3 aliphatic heterocycles. The molecule has 6 rings (SSSR count). The van der Waals surface area contributed by atoms with Gasteiger partial charge in [0.05, 0.1) is 11.7 Å². The van der Waals surface area contributed by atoms with Crippen molar-refractivity contribution in [1.29, 1.82) is 0 Å². The van der Waals surface area contributed by atoms with Crippen molar-refractivity contribution >= 4 is 29.1 Å². The molecule has 6 heterocycles. The van der Waals surface area contributed by atoms with Crippen molar-refractivity contribution < 1.29 is 14.1 Å². The van der Waals surface area contributed by atoms with Crippen LogP contribution in [0.5, 0.6) is 0 Å². The zero-order valence-corrected chi connectivity index (χ0v) is 20.8. The van der Waals surface area contributed by atoms with Crippen LogP contribution in [-0.4, -0.2) is 56.0 Å². The van der Waals surface area contributed by atoms with Crippen molar-refractivity contribution in [2.24, 2.45) is 0 Å². The fourth-order valence-electron chi connectivity index (χ4n) is 5.13. The molecule has 0 radical (unpaired) electrons. The van der Waals surface area contributed by atoms with E-state index in [0.29, 0.717) is 24.8 Å². The number of carbonyl (C=O) groups excluding carboxylic acids is 2. The zero-order chi connectivity index (χ0) is 25.9. The van der Waals surface area contributed by atoms with Crippen LogP contribution >= 0.6 is 0 Å². The number of hydrazine groups is 1. The fraction of sp³-hybridized carbons (Fsp3) is 0.360. The molecule has 190 valence electrons. The summed E-state index contributed by atoms with van der Waals surface area (Å²) in [5.41, 5.74) is 9.78. The number of amides is 2. The highest BCUT2D eigenvalue weighted by Gasteiger charge is 2.44. The van der Waals surface area contributed by atoms with Crippen LogP contribution in [0.4, 0.5) is 17.3 Å². The van der Waals surface area contributed by atoms with Crippen molar-refractivity contribution in [1.82, 2.24) is 30.4 Å². The standard InChI is InChI=1S/C25H27N9O3/c1-5-16(35)33-11-8-13(12-33)34-18-15(14-6-9-26-19-17(14)22(34)31-30-19)7-10-27-20(18)28-23(36)21-29-24(37-32-21)25(2,3)4/h5-7,9-10,13,22,31H,1,8,11-12H2,2-4H3,(H,26,30)(H,27,28,36)/t13-,22?/m1/s1. The van der Waals surface area contributed by atoms with E-state index in [1.807, 2.05) is 32.9 Å². The number of nitrogens with zero attached hydrogens (tertiary/aromatic N) is 6. The van der Waals surface area contributed by atoms with E-state index in [4.69, 9.17) is 4.52 Å². The lowest BCUT2D eigenvalue weighted by Crippen LogP contribution is -2.47. The van der Waals surface area contributed by atoms with Crippen LogP contribution in [0.25, 0.3) is 11.1 Å². The third kappa shape index (κ3) is 3.71. The highest BCUT2D eigenvalue weighted by atomic mass is 16.5. The minimum atomic E-state index is -0.520. The molecular weight excluding hydrogens is 474 g/mol. The highest BCUT2D eigenvalue weighted by molar-refractivity contribution is 6.05. The molecule has 0 aromatic carbocycles. The van der Waals surface area contributed by atoms with Gasteiger partial charge in [0.1, 0.15) is 12.0 Å². The Bertz CT molecular complexity index is 1430. The number of rotatable bonds is 4. The highest BCUT2D eigenvalue weighted by Crippen LogP contribution is 2.51. The first-order valence-electron chi connectivity index (χ1n) is 12.1. The van der Waals surface area contributed by atoms with Crippen molar-refractivity contribution in [3.05, 3.63) is 54.5 Å². The molecule has 3 aromatic rings. The van der Waals surface area contributed by atoms with E-state index in [-0.39, 0.29) is 29.4 Å². The first-order chi connectivity index (χ1) is 17.8. The molecule has 0 aliphatic carbocycles. The number of anilines is 3. The molecule has 12 heteroatoms. The van der Waals surface area contributed by atoms with Gasteiger partial charge in [0, 0.05) is 42.0 Å². The largest absolute Gasteiger partial charge is 0.342 e. The second-order valence-corrected chi connectivity index (χ2v) is 10.3. The number of hydrogen-bond acceptors (Lipinski definition) is 10. The maximum absolute atomic E-state index is 13.2. The molecule has 0 spiro atoms. The van der Waals surface area contributed by atoms with Crippen molar-refractivity contribution in [3.8, 4) is 11.1 Å². The summed E-state index contributed by atoms with van der Waals surface area (Å²) in [6.07, 6.45) is 5.21. The molecule has 1 unspecified atom stereocenters. The van der Waals surface area contributed by atoms with E-state index in [9.17, 15) is 9.59 Å². The van der Waals surface area contributed by atoms with Gasteiger partial charge in [-0.1, -0.05) is 32.5 Å². The Kier molecular flexibility index (Phi) is 5.23. The minimum absolute atomic E-state index is 0.0428. The van der Waals surface area contributed by atoms with Crippen LogP contribution in [-0.2, 0) is 10.2 Å². The van der Waals surface area contributed by atoms with Gasteiger partial charge >= 0.3 is 0 Å². The van der Waals surface area contributed by atoms with Crippen molar-refractivity contribution in [3.63, 3.8) is 0 Å². The van der Waals surface area contributed by atoms with Crippen LogP contribution in [0, 0.1) is 0 Å². The van der Waals surface area contributed by atoms with Crippen LogP contribution < -0.4 is 21.1 Å². The van der Waals surface area contributed by atoms with Gasteiger partial charge in [-0.05, 0) is 30.2 Å². The molecule has 0 saturated carbocycles. The number of likely N-dealkylation sites (tertiary alicyclic amines) is 1. The normalized spacial score (nSPS) is 19.8. The molecule has 3 N–H and O–H groups in total. The van der Waals surface area contributed by atoms with Gasteiger partial charge in [-0.2, -0.15) is 4.98 Å². The Balaban J connectivity index is 1.42. The van der Waals surface area contributed by atoms with E-state index in [1.165, 1.54) is 6.08 Å². The summed E-state index contributed by atoms with van der Waals surface area (Å²) >= 11 is 0. The molecule has 3 aromatic heterocycles. The molecular formula is C25H27N9O3. The molecule has 1 fully saturated rings. The Morgan fingerprint density at radius 3 is 2.76 bits per heavy atom. The van der Waals surface area contributed by atoms with E-state index < -0.39 is 5.91 Å². The summed E-state index contributed by atoms with van der Waals surface area (Å²) in [7, 11) is 0. The predicted octanol–water partition coefficient (Wildman–Crippen LogP) is 2.61. The number of carbonyl (C=O) groups is 2. The summed E-state index contributed by atoms with van der Waals surface area (Å²) in [6.45, 7) is 10.5. The van der Waals surface area contributed by atoms with E-state index >= 15 is 0 Å². The van der Waals surface area contributed by atoms with Gasteiger partial charge in [0.2, 0.25) is 11.8 Å². The third-order valence-corrected chi connectivity index (χ3v) is 6.89. The van der Waals surface area contributed by atoms with Crippen LogP contribution in [0.1, 0.15) is 55.4 Å². The predicted molar refractivity (Wildman–Crippen MR) is 136 cm³/mol. The zero-order valence-electron chi connectivity index (χ0n) is 20.8. The quantitative estimate of drug-likeness (QED) is 0.457. The van der Waals surface area contributed by atoms with Gasteiger partial charge in [-0.25, -0.2) is 15.4 Å². The Morgan fingerprint density at radius 2 is 2.00 bits per heavy atom. The first-order valence-corrected chi connectivity index (χ1v) is 12.1. The van der Waals surface area contributed by atoms with Gasteiger partial charge in [-0.3, -0.25) is 9.59 Å². The lowest BCUT2D eigenvalue weighted by atomic mass is 9.91. The first kappa shape index (κ1) is 23.1. The van der Waals surface area contributed by atoms with Gasteiger partial charge in [0.15, 0.2) is 5.82 Å². The number of aromatic nitrogens is 4. The number of fused-ring (bicyclic) bond motifs is 2. The van der Waals surface area contributed by atoms with E-state index in [1.54, 1.807) is 17.3 Å². The summed E-state index contributed by atoms with van der Waals surface area (Å²) in [6, 6.07) is 3.84. The number of hydrogen-bond donors (Lipinski definition) is 3. The van der Waals surface area contributed by atoms with Crippen LogP contribution in [0.3, 0.4) is 0 Å². The number of nitrogens with one attached hydrogen (secondary N) is 3. The maximum atomic E-state index is 13.2. The lowest BCUT2D eigenvalue weighted by molar-refractivity contribution is -0.125. The second-order valence-electron chi connectivity index (χ2n) is 10.3. The second kappa shape index (κ2) is 8.37. The molecule has 3 aliphatic rings. The third-order valence-electron chi connectivity index (χ3n) is 6.89. The SMILES string of the molecule is C=CC(=O)N1CC[C@@H](N2c3c(ccnc3NC(=O)c3noc(C(C)(C)C)n3)-c3ccnc4c3C2NN4)C1. The fourth-order valence-corrected chi connectivity index (χ4v) is 5.13. The summed E-state index contributed by atoms with van der Waals surface area (Å²) < 4.78 is 5.31. The average molecular weight is 502 g/mol. The van der Waals surface area contributed by atoms with Gasteiger partial charge in [-0.15, -0.1) is 0 Å². The maximum Gasteiger partial charge on any atom is 0.298 e. The molecule has 1 saturated heterocycles. The lowest BCUT2D eigenvalue weighted by Gasteiger charge is -2.41. The summed E-state index contributed by atoms with van der Waals surface area (Å²) in [5, 5.41) is 6.78. The van der Waals surface area contributed by atoms with Gasteiger partial charge in [0.25, 0.3) is 11.7 Å². The van der Waals surface area contributed by atoms with Gasteiger partial charge < -0.3 is 25.1 Å². The van der Waals surface area contributed by atoms with Crippen LogP contribution in [0.2, 0.25) is 0 Å². The average Bonchev–Trinajstić information content (AvgIpc) is 3.64. The van der Waals surface area contributed by atoms with E-state index in [2.05, 4.69) is 47.8 Å². The Labute approximate surface area is 213 Å². The molecule has 2 atom stereocenters. The molecule has 12 nitrogen and oxygen atoms in total. The Hall–Kier alpha value is -4.32. The Morgan fingerprint density at radius 1 is 1.22 bits per heavy atom. The minimum Gasteiger partial charge on any atom is -0.342 e. The summed E-state index contributed by atoms with van der Waals surface area (Å²) in [5.74, 6) is 0.799. The number of pyridine rings is 2. The molecule has 0 bridgehead atoms. The smallest absolute Gasteiger partial charge is 0.298 e. The monoisotopic (exact) mass is 501 g/mol. The van der Waals surface area contributed by atoms with Crippen molar-refractivity contribution in [2.75, 3.05) is 28.7 Å². The van der Waals surface area contributed by atoms with Crippen molar-refractivity contribution in [2.45, 2.75) is 44.8 Å². The van der Waals surface area contributed by atoms with Crippen LogP contribution in [0.15, 0.2) is 41.7 Å². The van der Waals surface area contributed by atoms with E-state index in [0.717, 1.165) is 34.6 Å².